The Hall–Kier alpha value is -3.30. The zero-order valence-electron chi connectivity index (χ0n) is 21.0. The molecule has 2 atom stereocenters. The molecule has 0 radical (unpaired) electrons. The first-order valence-electron chi connectivity index (χ1n) is 12.8. The van der Waals surface area contributed by atoms with Crippen LogP contribution in [0.4, 0.5) is 4.39 Å². The number of rotatable bonds is 5. The van der Waals surface area contributed by atoms with Crippen molar-refractivity contribution in [1.82, 2.24) is 15.1 Å². The van der Waals surface area contributed by atoms with E-state index in [0.29, 0.717) is 44.6 Å². The van der Waals surface area contributed by atoms with Crippen molar-refractivity contribution in [3.8, 4) is 0 Å². The summed E-state index contributed by atoms with van der Waals surface area (Å²) in [7, 11) is 0. The fraction of sp³-hybridized carbons (Fsp3) is 0.464. The molecule has 3 heterocycles. The van der Waals surface area contributed by atoms with E-state index in [9.17, 15) is 18.8 Å². The fourth-order valence-electron chi connectivity index (χ4n) is 5.46. The highest BCUT2D eigenvalue weighted by atomic mass is 19.1. The number of piperidine rings is 1. The van der Waals surface area contributed by atoms with E-state index in [-0.39, 0.29) is 30.1 Å². The lowest BCUT2D eigenvalue weighted by molar-refractivity contribution is -0.128. The van der Waals surface area contributed by atoms with Gasteiger partial charge >= 0.3 is 0 Å². The third kappa shape index (κ3) is 5.24. The third-order valence-corrected chi connectivity index (χ3v) is 7.50. The van der Waals surface area contributed by atoms with Crippen molar-refractivity contribution in [2.24, 2.45) is 0 Å². The zero-order chi connectivity index (χ0) is 26.0. The van der Waals surface area contributed by atoms with Gasteiger partial charge in [-0.3, -0.25) is 19.3 Å². The average molecular weight is 510 g/mol. The lowest BCUT2D eigenvalue weighted by atomic mass is 9.96. The Balaban J connectivity index is 1.34. The molecule has 3 saturated heterocycles. The number of hydrogen-bond acceptors (Lipinski definition) is 5. The smallest absolute Gasteiger partial charge is 0.256 e. The molecule has 0 bridgehead atoms. The molecule has 0 aliphatic carbocycles. The second-order valence-electron chi connectivity index (χ2n) is 10.00. The monoisotopic (exact) mass is 509 g/mol. The van der Waals surface area contributed by atoms with Crippen molar-refractivity contribution in [1.29, 1.82) is 0 Å². The van der Waals surface area contributed by atoms with Crippen LogP contribution in [0, 0.1) is 12.7 Å². The van der Waals surface area contributed by atoms with E-state index < -0.39 is 23.5 Å². The summed E-state index contributed by atoms with van der Waals surface area (Å²) in [5.41, 5.74) is 0.877. The Bertz CT molecular complexity index is 1160. The van der Waals surface area contributed by atoms with Crippen LogP contribution in [0.2, 0.25) is 0 Å². The van der Waals surface area contributed by atoms with Gasteiger partial charge in [0.1, 0.15) is 17.6 Å². The first-order chi connectivity index (χ1) is 17.9. The van der Waals surface area contributed by atoms with Crippen molar-refractivity contribution in [2.75, 3.05) is 32.8 Å². The largest absolute Gasteiger partial charge is 0.376 e. The van der Waals surface area contributed by atoms with Crippen molar-refractivity contribution >= 4 is 17.7 Å². The fourth-order valence-corrected chi connectivity index (χ4v) is 5.46. The van der Waals surface area contributed by atoms with E-state index in [4.69, 9.17) is 9.47 Å². The molecule has 37 heavy (non-hydrogen) atoms. The Labute approximate surface area is 215 Å². The van der Waals surface area contributed by atoms with Gasteiger partial charge in [0, 0.05) is 50.2 Å². The van der Waals surface area contributed by atoms with Crippen LogP contribution in [0.5, 0.6) is 0 Å². The molecular weight excluding hydrogens is 477 g/mol. The number of ether oxygens (including phenoxy) is 2. The number of carbonyl (C=O) groups excluding carboxylic acids is 3. The summed E-state index contributed by atoms with van der Waals surface area (Å²) in [4.78, 5) is 43.3. The number of amides is 3. The number of hydrogen-bond donors (Lipinski definition) is 1. The van der Waals surface area contributed by atoms with Crippen LogP contribution in [-0.2, 0) is 14.3 Å². The molecule has 196 valence electrons. The van der Waals surface area contributed by atoms with Gasteiger partial charge in [-0.2, -0.15) is 0 Å². The van der Waals surface area contributed by atoms with Gasteiger partial charge in [0.25, 0.3) is 11.8 Å². The van der Waals surface area contributed by atoms with E-state index >= 15 is 0 Å². The highest BCUT2D eigenvalue weighted by Crippen LogP contribution is 2.39. The maximum atomic E-state index is 13.7. The summed E-state index contributed by atoms with van der Waals surface area (Å²) in [5.74, 6) is -1.22. The third-order valence-electron chi connectivity index (χ3n) is 7.50. The molecule has 0 unspecified atom stereocenters. The minimum Gasteiger partial charge on any atom is -0.376 e. The number of carbonyl (C=O) groups is 3. The number of nitrogens with one attached hydrogen (secondary N) is 1. The van der Waals surface area contributed by atoms with Gasteiger partial charge in [0.15, 0.2) is 0 Å². The van der Waals surface area contributed by atoms with Gasteiger partial charge in [-0.05, 0) is 56.2 Å². The normalized spacial score (nSPS) is 22.9. The second-order valence-corrected chi connectivity index (χ2v) is 10.00. The van der Waals surface area contributed by atoms with Crippen molar-refractivity contribution in [3.63, 3.8) is 0 Å². The summed E-state index contributed by atoms with van der Waals surface area (Å²) in [6.45, 7) is 3.81. The minimum atomic E-state index is -1.03. The van der Waals surface area contributed by atoms with E-state index in [1.54, 1.807) is 11.0 Å². The van der Waals surface area contributed by atoms with E-state index in [1.165, 1.54) is 29.2 Å². The molecule has 2 aromatic carbocycles. The lowest BCUT2D eigenvalue weighted by Crippen LogP contribution is -2.60. The molecule has 5 rings (SSSR count). The summed E-state index contributed by atoms with van der Waals surface area (Å²) in [6.07, 6.45) is 2.55. The first-order valence-corrected chi connectivity index (χ1v) is 12.8. The summed E-state index contributed by atoms with van der Waals surface area (Å²) < 4.78 is 25.4. The number of likely N-dealkylation sites (tertiary alicyclic amines) is 1. The van der Waals surface area contributed by atoms with Gasteiger partial charge in [0.05, 0.1) is 12.7 Å². The average Bonchev–Trinajstić information content (AvgIpc) is 3.56. The van der Waals surface area contributed by atoms with Gasteiger partial charge in [-0.1, -0.05) is 17.7 Å². The molecule has 1 spiro atoms. The van der Waals surface area contributed by atoms with Crippen molar-refractivity contribution in [3.05, 3.63) is 71.0 Å². The van der Waals surface area contributed by atoms with Crippen LogP contribution >= 0.6 is 0 Å². The predicted octanol–water partition coefficient (Wildman–Crippen LogP) is 2.90. The van der Waals surface area contributed by atoms with Gasteiger partial charge < -0.3 is 19.7 Å². The Morgan fingerprint density at radius 1 is 1.05 bits per heavy atom. The molecule has 8 nitrogen and oxygen atoms in total. The van der Waals surface area contributed by atoms with Crippen LogP contribution in [0.3, 0.4) is 0 Å². The van der Waals surface area contributed by atoms with Crippen LogP contribution in [0.25, 0.3) is 0 Å². The predicted molar refractivity (Wildman–Crippen MR) is 133 cm³/mol. The van der Waals surface area contributed by atoms with E-state index in [0.717, 1.165) is 18.4 Å². The number of halogens is 1. The summed E-state index contributed by atoms with van der Waals surface area (Å²) in [5, 5.41) is 2.93. The van der Waals surface area contributed by atoms with Gasteiger partial charge in [-0.15, -0.1) is 0 Å². The molecule has 2 aromatic rings. The van der Waals surface area contributed by atoms with Crippen LogP contribution in [0.15, 0.2) is 48.5 Å². The topological polar surface area (TPSA) is 88.2 Å². The molecule has 3 amide bonds. The highest BCUT2D eigenvalue weighted by molar-refractivity contribution is 5.98. The van der Waals surface area contributed by atoms with E-state index in [1.807, 2.05) is 25.1 Å². The zero-order valence-corrected chi connectivity index (χ0v) is 21.0. The van der Waals surface area contributed by atoms with Crippen LogP contribution in [-0.4, -0.2) is 78.2 Å². The Kier molecular flexibility index (Phi) is 7.26. The number of nitrogens with zero attached hydrogens (tertiary/aromatic N) is 2. The first kappa shape index (κ1) is 25.4. The molecule has 3 aliphatic heterocycles. The van der Waals surface area contributed by atoms with E-state index in [2.05, 4.69) is 5.32 Å². The standard InChI is InChI=1S/C28H32FN3O5/c1-19-4-2-5-21(16-19)26(34)31-13-11-28(12-14-31)32(27(35)20-7-9-22(29)10-8-20)24(18-37-28)25(33)30-17-23-6-3-15-36-23/h2,4-5,7-10,16,23-24H,3,6,11-15,17-18H2,1H3,(H,30,33)/t23-,24+/m0/s1. The molecule has 3 aliphatic rings. The second kappa shape index (κ2) is 10.6. The molecule has 1 N–H and O–H groups in total. The maximum absolute atomic E-state index is 13.7. The van der Waals surface area contributed by atoms with Gasteiger partial charge in [0.2, 0.25) is 5.91 Å². The number of benzene rings is 2. The maximum Gasteiger partial charge on any atom is 0.256 e. The van der Waals surface area contributed by atoms with Crippen LogP contribution in [0.1, 0.15) is 52.0 Å². The summed E-state index contributed by atoms with van der Waals surface area (Å²) in [6, 6.07) is 11.9. The number of aryl methyl sites for hydroxylation is 1. The van der Waals surface area contributed by atoms with Crippen molar-refractivity contribution in [2.45, 2.75) is 50.5 Å². The Morgan fingerprint density at radius 2 is 1.81 bits per heavy atom. The quantitative estimate of drug-likeness (QED) is 0.670. The highest BCUT2D eigenvalue weighted by Gasteiger charge is 2.54. The van der Waals surface area contributed by atoms with Crippen LogP contribution < -0.4 is 5.32 Å². The SMILES string of the molecule is Cc1cccc(C(=O)N2CCC3(CC2)OC[C@H](C(=O)NC[C@@H]2CCCO2)N3C(=O)c2ccc(F)cc2)c1. The lowest BCUT2D eigenvalue weighted by Gasteiger charge is -2.44. The summed E-state index contributed by atoms with van der Waals surface area (Å²) >= 11 is 0. The molecule has 0 aromatic heterocycles. The Morgan fingerprint density at radius 3 is 2.49 bits per heavy atom. The molecule has 0 saturated carbocycles. The van der Waals surface area contributed by atoms with Gasteiger partial charge in [-0.25, -0.2) is 4.39 Å². The molecular formula is C28H32FN3O5. The van der Waals surface area contributed by atoms with Crippen molar-refractivity contribution < 1.29 is 28.2 Å². The molecule has 3 fully saturated rings. The molecule has 9 heteroatoms. The minimum absolute atomic E-state index is 0.0302.